The van der Waals surface area contributed by atoms with Crippen molar-refractivity contribution in [2.75, 3.05) is 0 Å². The van der Waals surface area contributed by atoms with Crippen molar-refractivity contribution in [3.63, 3.8) is 0 Å². The summed E-state index contributed by atoms with van der Waals surface area (Å²) in [4.78, 5) is 0. The van der Waals surface area contributed by atoms with E-state index in [1.165, 1.54) is 17.8 Å². The van der Waals surface area contributed by atoms with Crippen LogP contribution < -0.4 is 0 Å². The smallest absolute Gasteiger partial charge is 0.226 e. The topological polar surface area (TPSA) is 69.6 Å². The highest BCUT2D eigenvalue weighted by Gasteiger charge is 2.31. The van der Waals surface area contributed by atoms with Gasteiger partial charge in [0.05, 0.1) is 11.3 Å². The molecule has 0 saturated heterocycles. The minimum absolute atomic E-state index is 0.286. The van der Waals surface area contributed by atoms with Crippen molar-refractivity contribution >= 4 is 11.8 Å². The molecule has 8 heteroatoms. The Morgan fingerprint density at radius 1 is 1.22 bits per heavy atom. The molecule has 118 valence electrons. The van der Waals surface area contributed by atoms with Crippen molar-refractivity contribution < 1.29 is 8.81 Å². The molecule has 0 radical (unpaired) electrons. The Morgan fingerprint density at radius 2 is 2.04 bits per heavy atom. The monoisotopic (exact) mass is 331 g/mol. The number of rotatable bonds is 5. The quantitative estimate of drug-likeness (QED) is 0.667. The highest BCUT2D eigenvalue weighted by Crippen LogP contribution is 2.41. The number of thioether (sulfide) groups is 1. The van der Waals surface area contributed by atoms with E-state index in [9.17, 15) is 4.39 Å². The number of nitrogens with zero attached hydrogens (tertiary/aromatic N) is 5. The van der Waals surface area contributed by atoms with Gasteiger partial charge in [0.2, 0.25) is 11.8 Å². The Morgan fingerprint density at radius 3 is 2.74 bits per heavy atom. The molecule has 0 amide bonds. The summed E-state index contributed by atoms with van der Waals surface area (Å²) in [5, 5.41) is 17.0. The number of halogens is 1. The van der Waals surface area contributed by atoms with Gasteiger partial charge in [-0.05, 0) is 25.0 Å². The Bertz CT molecular complexity index is 842. The zero-order valence-corrected chi connectivity index (χ0v) is 13.3. The molecule has 3 aromatic rings. The first-order valence-electron chi connectivity index (χ1n) is 7.34. The van der Waals surface area contributed by atoms with Gasteiger partial charge < -0.3 is 4.42 Å². The summed E-state index contributed by atoms with van der Waals surface area (Å²) in [6.07, 6.45) is 2.12. The summed E-state index contributed by atoms with van der Waals surface area (Å²) < 4.78 is 21.5. The Labute approximate surface area is 136 Å². The van der Waals surface area contributed by atoms with Gasteiger partial charge >= 0.3 is 0 Å². The molecule has 0 atom stereocenters. The molecule has 0 bridgehead atoms. The molecular formula is C15H14FN5OS. The van der Waals surface area contributed by atoms with E-state index < -0.39 is 0 Å². The fourth-order valence-electron chi connectivity index (χ4n) is 2.39. The maximum Gasteiger partial charge on any atom is 0.226 e. The largest absolute Gasteiger partial charge is 0.425 e. The summed E-state index contributed by atoms with van der Waals surface area (Å²) in [7, 11) is 0. The van der Waals surface area contributed by atoms with Crippen LogP contribution in [0.1, 0.15) is 30.7 Å². The van der Waals surface area contributed by atoms with Crippen LogP contribution in [-0.4, -0.2) is 25.0 Å². The zero-order valence-electron chi connectivity index (χ0n) is 12.4. The molecule has 1 aromatic carbocycles. The third-order valence-corrected chi connectivity index (χ3v) is 4.51. The Balaban J connectivity index is 1.64. The number of aromatic nitrogens is 5. The molecule has 0 spiro atoms. The van der Waals surface area contributed by atoms with Crippen molar-refractivity contribution in [2.24, 2.45) is 0 Å². The standard InChI is InChI=1S/C15H14FN5OS/c1-9-17-18-13(22-9)8-23-15-20-19-14(21(15)10-6-7-10)11-4-2-3-5-12(11)16/h2-5,10H,6-8H2,1H3. The Kier molecular flexibility index (Phi) is 3.60. The van der Waals surface area contributed by atoms with Crippen molar-refractivity contribution in [1.29, 1.82) is 0 Å². The highest BCUT2D eigenvalue weighted by molar-refractivity contribution is 7.98. The fraction of sp³-hybridized carbons (Fsp3) is 0.333. The van der Waals surface area contributed by atoms with Crippen LogP contribution in [0.2, 0.25) is 0 Å². The van der Waals surface area contributed by atoms with Crippen LogP contribution in [0, 0.1) is 12.7 Å². The summed E-state index contributed by atoms with van der Waals surface area (Å²) in [6, 6.07) is 6.98. The van der Waals surface area contributed by atoms with E-state index in [0.29, 0.717) is 35.0 Å². The number of hydrogen-bond donors (Lipinski definition) is 0. The highest BCUT2D eigenvalue weighted by atomic mass is 32.2. The van der Waals surface area contributed by atoms with Crippen LogP contribution in [0.5, 0.6) is 0 Å². The molecule has 2 aromatic heterocycles. The SMILES string of the molecule is Cc1nnc(CSc2nnc(-c3ccccc3F)n2C2CC2)o1. The number of benzene rings is 1. The first-order chi connectivity index (χ1) is 11.2. The van der Waals surface area contributed by atoms with Crippen LogP contribution in [0.25, 0.3) is 11.4 Å². The fourth-order valence-corrected chi connectivity index (χ4v) is 3.23. The van der Waals surface area contributed by atoms with Crippen LogP contribution in [0.4, 0.5) is 4.39 Å². The lowest BCUT2D eigenvalue weighted by Crippen LogP contribution is -2.01. The van der Waals surface area contributed by atoms with Crippen LogP contribution in [0.15, 0.2) is 33.8 Å². The molecule has 0 aliphatic heterocycles. The molecular weight excluding hydrogens is 317 g/mol. The molecule has 4 rings (SSSR count). The second-order valence-corrected chi connectivity index (χ2v) is 6.33. The minimum Gasteiger partial charge on any atom is -0.425 e. The average Bonchev–Trinajstić information content (AvgIpc) is 3.16. The second-order valence-electron chi connectivity index (χ2n) is 5.39. The van der Waals surface area contributed by atoms with Crippen molar-refractivity contribution in [2.45, 2.75) is 36.7 Å². The van der Waals surface area contributed by atoms with Gasteiger partial charge in [-0.2, -0.15) is 0 Å². The minimum atomic E-state index is -0.286. The van der Waals surface area contributed by atoms with E-state index >= 15 is 0 Å². The van der Waals surface area contributed by atoms with Gasteiger partial charge in [-0.15, -0.1) is 20.4 Å². The third-order valence-electron chi connectivity index (χ3n) is 3.58. The second kappa shape index (κ2) is 5.77. The maximum atomic E-state index is 14.1. The molecule has 1 saturated carbocycles. The van der Waals surface area contributed by atoms with Gasteiger partial charge in [0.15, 0.2) is 11.0 Å². The van der Waals surface area contributed by atoms with E-state index in [1.54, 1.807) is 25.1 Å². The molecule has 2 heterocycles. The Hall–Kier alpha value is -2.22. The van der Waals surface area contributed by atoms with Gasteiger partial charge in [-0.25, -0.2) is 4.39 Å². The number of hydrogen-bond acceptors (Lipinski definition) is 6. The van der Waals surface area contributed by atoms with Gasteiger partial charge in [0.1, 0.15) is 5.82 Å². The lowest BCUT2D eigenvalue weighted by atomic mass is 10.2. The van der Waals surface area contributed by atoms with Crippen LogP contribution in [-0.2, 0) is 5.75 Å². The van der Waals surface area contributed by atoms with Gasteiger partial charge in [-0.1, -0.05) is 23.9 Å². The van der Waals surface area contributed by atoms with Gasteiger partial charge in [0.25, 0.3) is 0 Å². The van der Waals surface area contributed by atoms with E-state index in [2.05, 4.69) is 20.4 Å². The summed E-state index contributed by atoms with van der Waals surface area (Å²) in [5.41, 5.74) is 0.479. The maximum absolute atomic E-state index is 14.1. The van der Waals surface area contributed by atoms with Crippen molar-refractivity contribution in [1.82, 2.24) is 25.0 Å². The predicted molar refractivity (Wildman–Crippen MR) is 82.3 cm³/mol. The molecule has 1 aliphatic carbocycles. The van der Waals surface area contributed by atoms with E-state index in [4.69, 9.17) is 4.42 Å². The first kappa shape index (κ1) is 14.4. The van der Waals surface area contributed by atoms with Crippen LogP contribution in [0.3, 0.4) is 0 Å². The van der Waals surface area contributed by atoms with E-state index in [-0.39, 0.29) is 5.82 Å². The molecule has 1 aliphatic rings. The third kappa shape index (κ3) is 2.86. The van der Waals surface area contributed by atoms with Crippen molar-refractivity contribution in [3.8, 4) is 11.4 Å². The summed E-state index contributed by atoms with van der Waals surface area (Å²) in [5.74, 6) is 1.89. The summed E-state index contributed by atoms with van der Waals surface area (Å²) in [6.45, 7) is 1.75. The van der Waals surface area contributed by atoms with Crippen LogP contribution >= 0.6 is 11.8 Å². The van der Waals surface area contributed by atoms with Crippen molar-refractivity contribution in [3.05, 3.63) is 41.9 Å². The molecule has 0 N–H and O–H groups in total. The predicted octanol–water partition coefficient (Wildman–Crippen LogP) is 3.40. The molecule has 1 fully saturated rings. The number of aryl methyl sites for hydroxylation is 1. The van der Waals surface area contributed by atoms with Gasteiger partial charge in [0, 0.05) is 13.0 Å². The molecule has 6 nitrogen and oxygen atoms in total. The molecule has 0 unspecified atom stereocenters. The van der Waals surface area contributed by atoms with E-state index in [1.807, 2.05) is 4.57 Å². The summed E-state index contributed by atoms with van der Waals surface area (Å²) >= 11 is 1.47. The van der Waals surface area contributed by atoms with E-state index in [0.717, 1.165) is 18.0 Å². The first-order valence-corrected chi connectivity index (χ1v) is 8.32. The average molecular weight is 331 g/mol. The lowest BCUT2D eigenvalue weighted by Gasteiger charge is -2.08. The lowest BCUT2D eigenvalue weighted by molar-refractivity contribution is 0.485. The van der Waals surface area contributed by atoms with Gasteiger partial charge in [-0.3, -0.25) is 4.57 Å². The molecule has 23 heavy (non-hydrogen) atoms. The normalized spacial score (nSPS) is 14.3. The zero-order chi connectivity index (χ0) is 15.8.